The summed E-state index contributed by atoms with van der Waals surface area (Å²) in [7, 11) is 4.29. The highest BCUT2D eigenvalue weighted by atomic mass is 35.5. The Hall–Kier alpha value is -0.540. The standard InChI is InChI=1S/C21H43N2O.ClH/c1-7-9-10-11-12-13-14-15-16-17-19-23(5,6)22(18-8-2)21(24)20(3)4;/h3,7-19H2,1-2,4-6H3;1H/q+1;/p-1. The molecule has 0 saturated heterocycles. The number of carbonyl (C=O) groups excluding carboxylic acids is 1. The second-order valence-electron chi connectivity index (χ2n) is 7.74. The van der Waals surface area contributed by atoms with Gasteiger partial charge in [-0.2, -0.15) is 5.01 Å². The lowest BCUT2D eigenvalue weighted by atomic mass is 10.1. The van der Waals surface area contributed by atoms with E-state index >= 15 is 0 Å². The first-order valence-corrected chi connectivity index (χ1v) is 10.2. The molecule has 0 fully saturated rings. The topological polar surface area (TPSA) is 20.3 Å². The molecule has 0 saturated carbocycles. The van der Waals surface area contributed by atoms with Gasteiger partial charge in [0.15, 0.2) is 0 Å². The number of rotatable bonds is 15. The summed E-state index contributed by atoms with van der Waals surface area (Å²) >= 11 is 0. The maximum absolute atomic E-state index is 12.4. The van der Waals surface area contributed by atoms with Crippen molar-refractivity contribution in [1.29, 1.82) is 0 Å². The number of nitrogens with zero attached hydrogens (tertiary/aromatic N) is 2. The Morgan fingerprint density at radius 2 is 1.28 bits per heavy atom. The lowest BCUT2D eigenvalue weighted by Gasteiger charge is -2.39. The fraction of sp³-hybridized carbons (Fsp3) is 0.857. The van der Waals surface area contributed by atoms with E-state index in [0.717, 1.165) is 19.5 Å². The monoisotopic (exact) mass is 374 g/mol. The minimum atomic E-state index is 0. The molecule has 0 heterocycles. The number of quaternary nitrogens is 1. The van der Waals surface area contributed by atoms with Crippen LogP contribution in [0.15, 0.2) is 12.2 Å². The van der Waals surface area contributed by atoms with Crippen LogP contribution in [0.3, 0.4) is 0 Å². The highest BCUT2D eigenvalue weighted by Gasteiger charge is 2.29. The SMILES string of the molecule is C=C(C)C(=O)N(CCC)[N+](C)(C)CCCCCCCCCCCC.[Cl-]. The van der Waals surface area contributed by atoms with E-state index < -0.39 is 0 Å². The zero-order chi connectivity index (χ0) is 18.4. The minimum absolute atomic E-state index is 0. The Bertz CT molecular complexity index is 356. The van der Waals surface area contributed by atoms with E-state index in [9.17, 15) is 4.79 Å². The number of hydrogen-bond acceptors (Lipinski definition) is 1. The summed E-state index contributed by atoms with van der Waals surface area (Å²) < 4.78 is 0.649. The van der Waals surface area contributed by atoms with Crippen molar-refractivity contribution in [3.05, 3.63) is 12.2 Å². The van der Waals surface area contributed by atoms with E-state index in [1.807, 2.05) is 11.9 Å². The molecular weight excluding hydrogens is 332 g/mol. The zero-order valence-corrected chi connectivity index (χ0v) is 18.3. The Balaban J connectivity index is 0. The van der Waals surface area contributed by atoms with Crippen LogP contribution < -0.4 is 12.4 Å². The van der Waals surface area contributed by atoms with Gasteiger partial charge < -0.3 is 12.4 Å². The second-order valence-corrected chi connectivity index (χ2v) is 7.74. The number of unbranched alkanes of at least 4 members (excludes halogenated alkanes) is 9. The molecule has 0 aromatic carbocycles. The molecule has 3 nitrogen and oxygen atoms in total. The summed E-state index contributed by atoms with van der Waals surface area (Å²) in [5.41, 5.74) is 0.637. The molecule has 0 radical (unpaired) electrons. The first-order valence-electron chi connectivity index (χ1n) is 10.2. The van der Waals surface area contributed by atoms with Crippen LogP contribution in [-0.4, -0.2) is 42.7 Å². The Kier molecular flexibility index (Phi) is 16.8. The van der Waals surface area contributed by atoms with Crippen LogP contribution in [0.1, 0.15) is 91.4 Å². The smallest absolute Gasteiger partial charge is 0.293 e. The molecule has 0 aromatic heterocycles. The van der Waals surface area contributed by atoms with Crippen molar-refractivity contribution in [2.45, 2.75) is 91.4 Å². The largest absolute Gasteiger partial charge is 1.00 e. The van der Waals surface area contributed by atoms with Crippen LogP contribution >= 0.6 is 0 Å². The normalized spacial score (nSPS) is 11.1. The first kappa shape index (κ1) is 26.7. The summed E-state index contributed by atoms with van der Waals surface area (Å²) in [6, 6.07) is 0. The molecule has 0 aliphatic heterocycles. The predicted octanol–water partition coefficient (Wildman–Crippen LogP) is 2.72. The van der Waals surface area contributed by atoms with Gasteiger partial charge in [0.05, 0.1) is 20.6 Å². The van der Waals surface area contributed by atoms with Gasteiger partial charge in [-0.25, -0.2) is 4.59 Å². The average molecular weight is 375 g/mol. The quantitative estimate of drug-likeness (QED) is 0.187. The van der Waals surface area contributed by atoms with Gasteiger partial charge in [-0.15, -0.1) is 0 Å². The molecule has 0 bridgehead atoms. The Morgan fingerprint density at radius 1 is 0.840 bits per heavy atom. The van der Waals surface area contributed by atoms with E-state index in [0.29, 0.717) is 10.2 Å². The lowest BCUT2D eigenvalue weighted by Crippen LogP contribution is -3.00. The summed E-state index contributed by atoms with van der Waals surface area (Å²) in [5.74, 6) is 0.0916. The number of halogens is 1. The van der Waals surface area contributed by atoms with Crippen LogP contribution in [-0.2, 0) is 4.79 Å². The summed E-state index contributed by atoms with van der Waals surface area (Å²) in [6.45, 7) is 11.9. The van der Waals surface area contributed by atoms with Gasteiger partial charge in [-0.1, -0.05) is 71.8 Å². The van der Waals surface area contributed by atoms with E-state index in [2.05, 4.69) is 34.5 Å². The maximum atomic E-state index is 12.4. The number of hydrogen-bond donors (Lipinski definition) is 0. The molecule has 150 valence electrons. The van der Waals surface area contributed by atoms with Crippen LogP contribution in [0.5, 0.6) is 0 Å². The number of carbonyl (C=O) groups is 1. The van der Waals surface area contributed by atoms with E-state index in [-0.39, 0.29) is 18.3 Å². The van der Waals surface area contributed by atoms with Crippen LogP contribution in [0.4, 0.5) is 0 Å². The highest BCUT2D eigenvalue weighted by Crippen LogP contribution is 2.15. The minimum Gasteiger partial charge on any atom is -1.00 e. The second kappa shape index (κ2) is 15.7. The predicted molar refractivity (Wildman–Crippen MR) is 106 cm³/mol. The van der Waals surface area contributed by atoms with Crippen molar-refractivity contribution in [2.24, 2.45) is 0 Å². The lowest BCUT2D eigenvalue weighted by molar-refractivity contribution is -0.990. The van der Waals surface area contributed by atoms with Gasteiger partial charge in [0.2, 0.25) is 0 Å². The molecule has 0 aliphatic rings. The van der Waals surface area contributed by atoms with Gasteiger partial charge >= 0.3 is 0 Å². The molecule has 0 unspecified atom stereocenters. The highest BCUT2D eigenvalue weighted by molar-refractivity contribution is 5.91. The van der Waals surface area contributed by atoms with Gasteiger partial charge in [0.25, 0.3) is 5.91 Å². The molecule has 0 rings (SSSR count). The van der Waals surface area contributed by atoms with E-state index in [1.54, 1.807) is 0 Å². The third kappa shape index (κ3) is 12.4. The van der Waals surface area contributed by atoms with Crippen molar-refractivity contribution in [3.63, 3.8) is 0 Å². The molecule has 0 spiro atoms. The Labute approximate surface area is 163 Å². The van der Waals surface area contributed by atoms with Crippen molar-refractivity contribution in [3.8, 4) is 0 Å². The van der Waals surface area contributed by atoms with E-state index in [1.165, 1.54) is 64.2 Å². The summed E-state index contributed by atoms with van der Waals surface area (Å²) in [6.07, 6.45) is 14.5. The van der Waals surface area contributed by atoms with Gasteiger partial charge in [-0.05, 0) is 26.2 Å². The molecule has 0 aromatic rings. The van der Waals surface area contributed by atoms with Gasteiger partial charge in [0, 0.05) is 5.57 Å². The molecule has 0 atom stereocenters. The molecule has 25 heavy (non-hydrogen) atoms. The summed E-state index contributed by atoms with van der Waals surface area (Å²) in [4.78, 5) is 12.4. The summed E-state index contributed by atoms with van der Waals surface area (Å²) in [5, 5.41) is 1.97. The fourth-order valence-electron chi connectivity index (χ4n) is 3.16. The molecule has 0 aliphatic carbocycles. The van der Waals surface area contributed by atoms with Crippen LogP contribution in [0.25, 0.3) is 0 Å². The zero-order valence-electron chi connectivity index (χ0n) is 17.6. The van der Waals surface area contributed by atoms with Crippen LogP contribution in [0.2, 0.25) is 0 Å². The van der Waals surface area contributed by atoms with Crippen LogP contribution in [0, 0.1) is 0 Å². The third-order valence-corrected chi connectivity index (χ3v) is 4.75. The Morgan fingerprint density at radius 3 is 1.68 bits per heavy atom. The van der Waals surface area contributed by atoms with Gasteiger partial charge in [0.1, 0.15) is 6.54 Å². The molecular formula is C21H43ClN2O. The average Bonchev–Trinajstić information content (AvgIpc) is 2.53. The van der Waals surface area contributed by atoms with Crippen molar-refractivity contribution in [1.82, 2.24) is 5.01 Å². The van der Waals surface area contributed by atoms with Gasteiger partial charge in [-0.3, -0.25) is 4.79 Å². The fourth-order valence-corrected chi connectivity index (χ4v) is 3.16. The van der Waals surface area contributed by atoms with Crippen molar-refractivity contribution >= 4 is 5.91 Å². The van der Waals surface area contributed by atoms with E-state index in [4.69, 9.17) is 0 Å². The van der Waals surface area contributed by atoms with Crippen molar-refractivity contribution in [2.75, 3.05) is 27.2 Å². The first-order chi connectivity index (χ1) is 11.4. The molecule has 1 amide bonds. The molecule has 0 N–H and O–H groups in total. The van der Waals surface area contributed by atoms with Crippen molar-refractivity contribution < 1.29 is 21.8 Å². The molecule has 4 heteroatoms. The maximum Gasteiger partial charge on any atom is 0.293 e. The third-order valence-electron chi connectivity index (χ3n) is 4.75. The number of amides is 1.